The molecule has 1 amide bonds. The molecule has 32 heavy (non-hydrogen) atoms. The number of hydrogen-bond donors (Lipinski definition) is 2. The van der Waals surface area contributed by atoms with Crippen LogP contribution in [0.4, 0.5) is 0 Å². The van der Waals surface area contributed by atoms with E-state index in [4.69, 9.17) is 4.42 Å². The predicted octanol–water partition coefficient (Wildman–Crippen LogP) is 4.36. The monoisotopic (exact) mass is 553 g/mol. The van der Waals surface area contributed by atoms with Gasteiger partial charge < -0.3 is 20.0 Å². The number of carbonyl (C=O) groups is 1. The molecule has 1 fully saturated rings. The van der Waals surface area contributed by atoms with Gasteiger partial charge in [-0.3, -0.25) is 9.79 Å². The highest BCUT2D eigenvalue weighted by Gasteiger charge is 2.26. The van der Waals surface area contributed by atoms with Gasteiger partial charge in [-0.25, -0.2) is 4.98 Å². The predicted molar refractivity (Wildman–Crippen MR) is 139 cm³/mol. The number of halogens is 1. The zero-order valence-electron chi connectivity index (χ0n) is 19.6. The number of nitrogens with one attached hydrogen (secondary N) is 2. The number of aromatic nitrogens is 1. The smallest absolute Gasteiger partial charge is 0.225 e. The van der Waals surface area contributed by atoms with E-state index in [0.29, 0.717) is 24.4 Å². The number of amides is 1. The van der Waals surface area contributed by atoms with Crippen LogP contribution in [0.2, 0.25) is 0 Å². The van der Waals surface area contributed by atoms with Gasteiger partial charge in [-0.2, -0.15) is 0 Å². The summed E-state index contributed by atoms with van der Waals surface area (Å²) in [6, 6.07) is 8.49. The summed E-state index contributed by atoms with van der Waals surface area (Å²) in [7, 11) is 1.76. The fraction of sp³-hybridized carbons (Fsp3) is 0.542. The van der Waals surface area contributed by atoms with E-state index in [9.17, 15) is 4.79 Å². The minimum atomic E-state index is 0. The third kappa shape index (κ3) is 6.95. The molecule has 1 aromatic heterocycles. The van der Waals surface area contributed by atoms with Gasteiger partial charge in [0.2, 0.25) is 11.8 Å². The number of benzene rings is 1. The summed E-state index contributed by atoms with van der Waals surface area (Å²) in [5.41, 5.74) is 2.23. The highest BCUT2D eigenvalue weighted by atomic mass is 127. The molecule has 0 bridgehead atoms. The van der Waals surface area contributed by atoms with Gasteiger partial charge >= 0.3 is 0 Å². The standard InChI is InChI=1S/C24H35N5O2.HI/c1-5-18(6-2)23(30)29-13-11-20(12-14-29)28-24(25-4)27-16-22-26-15-21(31-22)19-9-7-17(3)8-10-19;/h7-10,15,18,20H,5-6,11-14,16H2,1-4H3,(H2,25,27,28);1H. The summed E-state index contributed by atoms with van der Waals surface area (Å²) in [6.45, 7) is 8.29. The number of nitrogens with zero attached hydrogens (tertiary/aromatic N) is 3. The zero-order valence-corrected chi connectivity index (χ0v) is 21.9. The molecule has 2 N–H and O–H groups in total. The molecule has 1 saturated heterocycles. The Balaban J connectivity index is 0.00000363. The van der Waals surface area contributed by atoms with E-state index >= 15 is 0 Å². The van der Waals surface area contributed by atoms with Crippen LogP contribution in [0.3, 0.4) is 0 Å². The van der Waals surface area contributed by atoms with Gasteiger partial charge in [0.25, 0.3) is 0 Å². The van der Waals surface area contributed by atoms with E-state index in [2.05, 4.69) is 53.5 Å². The first-order valence-electron chi connectivity index (χ1n) is 11.3. The molecular weight excluding hydrogens is 517 g/mol. The number of guanidine groups is 1. The molecule has 2 aromatic rings. The number of carbonyl (C=O) groups excluding carboxylic acids is 1. The van der Waals surface area contributed by atoms with Crippen LogP contribution < -0.4 is 10.6 Å². The summed E-state index contributed by atoms with van der Waals surface area (Å²) < 4.78 is 5.88. The van der Waals surface area contributed by atoms with Crippen LogP contribution in [0.5, 0.6) is 0 Å². The van der Waals surface area contributed by atoms with Gasteiger partial charge in [0, 0.05) is 37.7 Å². The molecular formula is C24H36IN5O2. The molecule has 2 heterocycles. The van der Waals surface area contributed by atoms with Crippen molar-refractivity contribution in [2.45, 2.75) is 59.0 Å². The molecule has 0 unspecified atom stereocenters. The van der Waals surface area contributed by atoms with Crippen LogP contribution in [0.1, 0.15) is 51.0 Å². The molecule has 1 aliphatic heterocycles. The van der Waals surface area contributed by atoms with Crippen molar-refractivity contribution in [3.63, 3.8) is 0 Å². The van der Waals surface area contributed by atoms with Gasteiger partial charge in [-0.1, -0.05) is 43.7 Å². The Hall–Kier alpha value is -2.10. The molecule has 3 rings (SSSR count). The molecule has 0 spiro atoms. The Morgan fingerprint density at radius 1 is 1.22 bits per heavy atom. The van der Waals surface area contributed by atoms with Crippen LogP contribution in [0.25, 0.3) is 11.3 Å². The summed E-state index contributed by atoms with van der Waals surface area (Å²) in [5, 5.41) is 6.75. The average molecular weight is 553 g/mol. The average Bonchev–Trinajstić information content (AvgIpc) is 3.27. The number of oxazole rings is 1. The van der Waals surface area contributed by atoms with Crippen LogP contribution >= 0.6 is 24.0 Å². The van der Waals surface area contributed by atoms with Crippen molar-refractivity contribution in [2.75, 3.05) is 20.1 Å². The first-order chi connectivity index (χ1) is 15.0. The third-order valence-corrected chi connectivity index (χ3v) is 6.00. The Morgan fingerprint density at radius 3 is 2.47 bits per heavy atom. The van der Waals surface area contributed by atoms with E-state index in [1.807, 2.05) is 17.0 Å². The Morgan fingerprint density at radius 2 is 1.88 bits per heavy atom. The van der Waals surface area contributed by atoms with E-state index in [0.717, 1.165) is 56.1 Å². The number of likely N-dealkylation sites (tertiary alicyclic amines) is 1. The summed E-state index contributed by atoms with van der Waals surface area (Å²) >= 11 is 0. The van der Waals surface area contributed by atoms with Crippen molar-refractivity contribution >= 4 is 35.8 Å². The van der Waals surface area contributed by atoms with Gasteiger partial charge in [-0.15, -0.1) is 24.0 Å². The number of aryl methyl sites for hydroxylation is 1. The first-order valence-corrected chi connectivity index (χ1v) is 11.3. The quantitative estimate of drug-likeness (QED) is 0.303. The SMILES string of the molecule is CCC(CC)C(=O)N1CCC(NC(=NC)NCc2ncc(-c3ccc(C)cc3)o2)CC1.I. The van der Waals surface area contributed by atoms with Crippen molar-refractivity contribution in [3.05, 3.63) is 41.9 Å². The lowest BCUT2D eigenvalue weighted by atomic mass is 9.98. The van der Waals surface area contributed by atoms with E-state index in [1.165, 1.54) is 5.56 Å². The molecule has 0 aliphatic carbocycles. The normalized spacial score (nSPS) is 14.9. The fourth-order valence-electron chi connectivity index (χ4n) is 3.93. The highest BCUT2D eigenvalue weighted by molar-refractivity contribution is 14.0. The lowest BCUT2D eigenvalue weighted by Crippen LogP contribution is -2.50. The second-order valence-electron chi connectivity index (χ2n) is 8.17. The molecule has 1 aliphatic rings. The summed E-state index contributed by atoms with van der Waals surface area (Å²) in [4.78, 5) is 23.3. The topological polar surface area (TPSA) is 82.8 Å². The second kappa shape index (κ2) is 12.8. The third-order valence-electron chi connectivity index (χ3n) is 6.00. The van der Waals surface area contributed by atoms with Crippen molar-refractivity contribution in [3.8, 4) is 11.3 Å². The second-order valence-corrected chi connectivity index (χ2v) is 8.17. The maximum Gasteiger partial charge on any atom is 0.225 e. The highest BCUT2D eigenvalue weighted by Crippen LogP contribution is 2.21. The Labute approximate surface area is 208 Å². The van der Waals surface area contributed by atoms with Crippen LogP contribution in [-0.2, 0) is 11.3 Å². The molecule has 0 atom stereocenters. The minimum Gasteiger partial charge on any atom is -0.439 e. The van der Waals surface area contributed by atoms with Crippen molar-refractivity contribution in [1.29, 1.82) is 0 Å². The van der Waals surface area contributed by atoms with E-state index in [-0.39, 0.29) is 29.9 Å². The van der Waals surface area contributed by atoms with Crippen molar-refractivity contribution < 1.29 is 9.21 Å². The van der Waals surface area contributed by atoms with Crippen molar-refractivity contribution in [1.82, 2.24) is 20.5 Å². The molecule has 0 radical (unpaired) electrons. The molecule has 7 nitrogen and oxygen atoms in total. The molecule has 1 aromatic carbocycles. The van der Waals surface area contributed by atoms with Crippen LogP contribution in [0.15, 0.2) is 39.9 Å². The lowest BCUT2D eigenvalue weighted by Gasteiger charge is -2.34. The first kappa shape index (κ1) is 26.2. The Kier molecular flexibility index (Phi) is 10.5. The Bertz CT molecular complexity index is 869. The number of aliphatic imine (C=N–C) groups is 1. The van der Waals surface area contributed by atoms with Crippen LogP contribution in [-0.4, -0.2) is 47.9 Å². The fourth-order valence-corrected chi connectivity index (χ4v) is 3.93. The van der Waals surface area contributed by atoms with E-state index in [1.54, 1.807) is 13.2 Å². The van der Waals surface area contributed by atoms with Gasteiger partial charge in [0.15, 0.2) is 11.7 Å². The summed E-state index contributed by atoms with van der Waals surface area (Å²) in [5.74, 6) is 2.56. The zero-order chi connectivity index (χ0) is 22.2. The minimum absolute atomic E-state index is 0. The van der Waals surface area contributed by atoms with Crippen molar-refractivity contribution in [2.24, 2.45) is 10.9 Å². The van der Waals surface area contributed by atoms with Gasteiger partial charge in [0.05, 0.1) is 12.7 Å². The van der Waals surface area contributed by atoms with Gasteiger partial charge in [-0.05, 0) is 32.6 Å². The lowest BCUT2D eigenvalue weighted by molar-refractivity contribution is -0.136. The molecule has 8 heteroatoms. The van der Waals surface area contributed by atoms with E-state index < -0.39 is 0 Å². The largest absolute Gasteiger partial charge is 0.439 e. The molecule has 176 valence electrons. The van der Waals surface area contributed by atoms with Crippen LogP contribution in [0, 0.1) is 12.8 Å². The van der Waals surface area contributed by atoms with Gasteiger partial charge in [0.1, 0.15) is 0 Å². The number of piperidine rings is 1. The maximum atomic E-state index is 12.6. The molecule has 0 saturated carbocycles. The number of hydrogen-bond acceptors (Lipinski definition) is 4. The summed E-state index contributed by atoms with van der Waals surface area (Å²) in [6.07, 6.45) is 5.42. The maximum absolute atomic E-state index is 12.6. The number of rotatable bonds is 7.